The highest BCUT2D eigenvalue weighted by Gasteiger charge is 2.72. The van der Waals surface area contributed by atoms with Gasteiger partial charge in [0.1, 0.15) is 12.1 Å². The zero-order valence-electron chi connectivity index (χ0n) is 26.6. The van der Waals surface area contributed by atoms with Crippen molar-refractivity contribution in [3.63, 3.8) is 0 Å². The van der Waals surface area contributed by atoms with E-state index < -0.39 is 48.3 Å². The fourth-order valence-electron chi connectivity index (χ4n) is 8.95. The minimum absolute atomic E-state index is 0.0314. The van der Waals surface area contributed by atoms with Crippen molar-refractivity contribution < 1.29 is 28.6 Å². The lowest BCUT2D eigenvalue weighted by Gasteiger charge is -2.49. The normalized spacial score (nSPS) is 34.6. The zero-order valence-corrected chi connectivity index (χ0v) is 28.1. The van der Waals surface area contributed by atoms with Crippen molar-refractivity contribution in [2.75, 3.05) is 20.1 Å². The van der Waals surface area contributed by atoms with Crippen LogP contribution in [-0.4, -0.2) is 92.0 Å². The monoisotopic (exact) mass is 687 g/mol. The summed E-state index contributed by atoms with van der Waals surface area (Å²) in [7, 11) is 2.01. The highest BCUT2D eigenvalue weighted by atomic mass is 79.9. The molecule has 5 heterocycles. The number of carbonyl (C=O) groups excluding carboxylic acids is 3. The summed E-state index contributed by atoms with van der Waals surface area (Å²) in [6, 6.07) is 4.53. The van der Waals surface area contributed by atoms with Crippen LogP contribution in [0.1, 0.15) is 70.4 Å². The lowest BCUT2D eigenvalue weighted by molar-refractivity contribution is -0.322. The molecule has 0 spiro atoms. The molecule has 7 rings (SSSR count). The van der Waals surface area contributed by atoms with Gasteiger partial charge in [-0.15, -0.1) is 0 Å². The fourth-order valence-corrected chi connectivity index (χ4v) is 9.60. The van der Waals surface area contributed by atoms with E-state index in [0.29, 0.717) is 38.8 Å². The fraction of sp³-hybridized carbons (Fsp3) is 0.667. The van der Waals surface area contributed by atoms with Gasteiger partial charge in [-0.1, -0.05) is 39.8 Å². The topological polar surface area (TPSA) is 107 Å². The molecule has 0 unspecified atom stereocenters. The summed E-state index contributed by atoms with van der Waals surface area (Å²) in [4.78, 5) is 47.5. The molecule has 1 aliphatic carbocycles. The molecule has 10 nitrogen and oxygen atoms in total. The van der Waals surface area contributed by atoms with E-state index in [9.17, 15) is 23.9 Å². The van der Waals surface area contributed by atoms with Gasteiger partial charge in [-0.25, -0.2) is 4.39 Å². The largest absolute Gasteiger partial charge is 0.347 e. The number of aromatic nitrogens is 1. The minimum Gasteiger partial charge on any atom is -0.347 e. The number of hydrogen-bond donors (Lipinski definition) is 2. The van der Waals surface area contributed by atoms with Gasteiger partial charge in [0.2, 0.25) is 17.5 Å². The Labute approximate surface area is 271 Å². The molecule has 5 aliphatic rings. The first kappa shape index (κ1) is 31.1. The second kappa shape index (κ2) is 10.7. The molecule has 244 valence electrons. The summed E-state index contributed by atoms with van der Waals surface area (Å²) in [5.41, 5.74) is 1.21. The number of fused-ring (bicyclic) bond motifs is 5. The summed E-state index contributed by atoms with van der Waals surface area (Å²) in [6.07, 6.45) is 2.88. The second-order valence-electron chi connectivity index (χ2n) is 14.5. The van der Waals surface area contributed by atoms with Gasteiger partial charge in [0.15, 0.2) is 6.80 Å². The number of alkyl halides is 1. The van der Waals surface area contributed by atoms with Gasteiger partial charge in [-0.2, -0.15) is 0 Å². The van der Waals surface area contributed by atoms with Crippen LogP contribution in [0.5, 0.6) is 0 Å². The van der Waals surface area contributed by atoms with Crippen LogP contribution in [0.2, 0.25) is 0 Å². The summed E-state index contributed by atoms with van der Waals surface area (Å²) < 4.78 is 22.9. The lowest BCUT2D eigenvalue weighted by atomic mass is 9.72. The number of piperazine rings is 1. The predicted octanol–water partition coefficient (Wildman–Crippen LogP) is 3.68. The first-order valence-electron chi connectivity index (χ1n) is 16.3. The average Bonchev–Trinajstić information content (AvgIpc) is 3.66. The van der Waals surface area contributed by atoms with Crippen LogP contribution in [0.15, 0.2) is 22.8 Å². The van der Waals surface area contributed by atoms with Gasteiger partial charge in [0.25, 0.3) is 11.8 Å². The molecule has 45 heavy (non-hydrogen) atoms. The molecule has 4 aliphatic heterocycles. The number of amides is 3. The van der Waals surface area contributed by atoms with E-state index in [4.69, 9.17) is 4.74 Å². The Kier molecular flexibility index (Phi) is 7.42. The summed E-state index contributed by atoms with van der Waals surface area (Å²) >= 11 is 3.64. The number of carbonyl (C=O) groups is 3. The lowest BCUT2D eigenvalue weighted by Crippen LogP contribution is -2.71. The molecule has 3 amide bonds. The average molecular weight is 689 g/mol. The SMILES string of the molecule is CC(C)C[C@H]1C(=O)N2CCC[C@H]2[C@]2(O)O[C@](NC(=O)[C@@H]3C[C@@H]4c5cccc6c5c(c(Br)n6CF)C[C@H]4N(C)C3)(C(C)C)C(=O)N12. The van der Waals surface area contributed by atoms with Crippen molar-refractivity contribution in [3.05, 3.63) is 33.9 Å². The maximum atomic E-state index is 14.5. The third-order valence-corrected chi connectivity index (χ3v) is 12.0. The third-order valence-electron chi connectivity index (χ3n) is 11.1. The van der Waals surface area contributed by atoms with E-state index >= 15 is 0 Å². The van der Waals surface area contributed by atoms with Crippen molar-refractivity contribution in [2.24, 2.45) is 17.8 Å². The Morgan fingerprint density at radius 2 is 2.00 bits per heavy atom. The van der Waals surface area contributed by atoms with Gasteiger partial charge < -0.3 is 24.8 Å². The summed E-state index contributed by atoms with van der Waals surface area (Å²) in [5, 5.41) is 16.2. The number of aliphatic hydroxyl groups is 1. The van der Waals surface area contributed by atoms with E-state index in [1.165, 1.54) is 4.90 Å². The summed E-state index contributed by atoms with van der Waals surface area (Å²) in [6.45, 7) is 7.90. The maximum Gasteiger partial charge on any atom is 0.281 e. The first-order chi connectivity index (χ1) is 21.3. The standard InChI is InChI=1S/C33H43BrFN5O5/c1-17(2)12-25-30(42)38-11-7-10-26(38)33(44)40(25)31(43)32(45-33,18(3)4)36-29(41)19-13-21-20-8-6-9-23-27(20)22(28(34)39(23)16-35)14-24(21)37(5)15-19/h6,8-9,17-19,21,24-26,44H,7,10-16H2,1-5H3,(H,36,41)/t19-,21-,24-,25+,26+,32-,33+/m1/s1. The zero-order chi connectivity index (χ0) is 32.2. The predicted molar refractivity (Wildman–Crippen MR) is 168 cm³/mol. The summed E-state index contributed by atoms with van der Waals surface area (Å²) in [5.74, 6) is -3.94. The van der Waals surface area contributed by atoms with E-state index in [1.807, 2.05) is 33.0 Å². The first-order valence-corrected chi connectivity index (χ1v) is 17.1. The van der Waals surface area contributed by atoms with Gasteiger partial charge >= 0.3 is 0 Å². The van der Waals surface area contributed by atoms with E-state index in [1.54, 1.807) is 23.3 Å². The Balaban J connectivity index is 1.21. The Bertz CT molecular complexity index is 1580. The van der Waals surface area contributed by atoms with Crippen LogP contribution >= 0.6 is 15.9 Å². The number of likely N-dealkylation sites (N-methyl/N-ethyl adjacent to an activating group) is 1. The molecular weight excluding hydrogens is 645 g/mol. The van der Waals surface area contributed by atoms with Crippen molar-refractivity contribution in [2.45, 2.75) is 102 Å². The van der Waals surface area contributed by atoms with Gasteiger partial charge in [-0.05, 0) is 78.2 Å². The van der Waals surface area contributed by atoms with E-state index in [-0.39, 0.29) is 29.7 Å². The molecule has 1 aromatic carbocycles. The van der Waals surface area contributed by atoms with Gasteiger partial charge in [0, 0.05) is 36.4 Å². The van der Waals surface area contributed by atoms with Crippen molar-refractivity contribution in [1.82, 2.24) is 24.6 Å². The third kappa shape index (κ3) is 4.30. The number of nitrogens with one attached hydrogen (secondary N) is 1. The number of likely N-dealkylation sites (tertiary alicyclic amines) is 1. The van der Waals surface area contributed by atoms with Crippen LogP contribution in [0.4, 0.5) is 4.39 Å². The molecule has 7 atom stereocenters. The van der Waals surface area contributed by atoms with Crippen LogP contribution in [0, 0.1) is 17.8 Å². The maximum absolute atomic E-state index is 14.5. The van der Waals surface area contributed by atoms with Crippen molar-refractivity contribution in [1.29, 1.82) is 0 Å². The second-order valence-corrected chi connectivity index (χ2v) is 15.2. The number of rotatable bonds is 6. The van der Waals surface area contributed by atoms with Crippen LogP contribution in [-0.2, 0) is 32.3 Å². The molecule has 0 bridgehead atoms. The smallest absolute Gasteiger partial charge is 0.281 e. The van der Waals surface area contributed by atoms with Crippen molar-refractivity contribution >= 4 is 44.6 Å². The quantitative estimate of drug-likeness (QED) is 0.480. The van der Waals surface area contributed by atoms with E-state index in [0.717, 1.165) is 33.1 Å². The molecule has 2 aromatic rings. The molecule has 0 saturated carbocycles. The highest BCUT2D eigenvalue weighted by molar-refractivity contribution is 9.10. The molecule has 4 fully saturated rings. The Morgan fingerprint density at radius 1 is 1.24 bits per heavy atom. The number of nitrogens with zero attached hydrogens (tertiary/aromatic N) is 4. The van der Waals surface area contributed by atoms with Crippen LogP contribution in [0.25, 0.3) is 10.9 Å². The molecule has 12 heteroatoms. The number of piperidine rings is 1. The van der Waals surface area contributed by atoms with Gasteiger partial charge in [-0.3, -0.25) is 24.0 Å². The number of halogens is 2. The Hall–Kier alpha value is -2.54. The number of benzene rings is 1. The highest BCUT2D eigenvalue weighted by Crippen LogP contribution is 2.50. The van der Waals surface area contributed by atoms with Crippen molar-refractivity contribution in [3.8, 4) is 0 Å². The molecule has 4 saturated heterocycles. The molecule has 0 radical (unpaired) electrons. The van der Waals surface area contributed by atoms with Crippen LogP contribution < -0.4 is 5.32 Å². The minimum atomic E-state index is -2.03. The Morgan fingerprint density at radius 3 is 2.69 bits per heavy atom. The molecule has 1 aromatic heterocycles. The molecule has 2 N–H and O–H groups in total. The number of hydrogen-bond acceptors (Lipinski definition) is 6. The molecular formula is C33H43BrFN5O5. The van der Waals surface area contributed by atoms with Gasteiger partial charge in [0.05, 0.1) is 16.0 Å². The van der Waals surface area contributed by atoms with Crippen LogP contribution in [0.3, 0.4) is 0 Å². The van der Waals surface area contributed by atoms with E-state index in [2.05, 4.69) is 32.2 Å². The number of ether oxygens (including phenoxy) is 1.